The van der Waals surface area contributed by atoms with Crippen LogP contribution in [0, 0.1) is 0 Å². The fourth-order valence-corrected chi connectivity index (χ4v) is 5.48. The molecule has 2 aliphatic rings. The summed E-state index contributed by atoms with van der Waals surface area (Å²) in [5, 5.41) is 48.9. The predicted molar refractivity (Wildman–Crippen MR) is 106 cm³/mol. The zero-order valence-electron chi connectivity index (χ0n) is 17.9. The van der Waals surface area contributed by atoms with Gasteiger partial charge in [-0.3, -0.25) is 28.0 Å². The van der Waals surface area contributed by atoms with Gasteiger partial charge in [0, 0.05) is 12.3 Å². The van der Waals surface area contributed by atoms with E-state index in [1.807, 2.05) is 4.98 Å². The number of rotatable bonds is 9. The molecule has 0 aromatic carbocycles. The smallest absolute Gasteiger partial charge is 0.330 e. The lowest BCUT2D eigenvalue weighted by molar-refractivity contribution is -0.282. The van der Waals surface area contributed by atoms with Gasteiger partial charge in [-0.1, -0.05) is 0 Å². The molecule has 0 bridgehead atoms. The molecule has 36 heavy (non-hydrogen) atoms. The Hall–Kier alpha value is -1.38. The quantitative estimate of drug-likeness (QED) is 0.137. The molecule has 19 nitrogen and oxygen atoms in total. The molecule has 3 heterocycles. The molecule has 1 aromatic rings. The number of aliphatic hydroxyl groups is 5. The zero-order chi connectivity index (χ0) is 27.0. The highest BCUT2D eigenvalue weighted by molar-refractivity contribution is 7.59. The van der Waals surface area contributed by atoms with E-state index < -0.39 is 95.3 Å². The summed E-state index contributed by atoms with van der Waals surface area (Å²) in [6.07, 6.45) is -12.9. The number of aliphatic hydroxyl groups excluding tert-OH is 5. The Morgan fingerprint density at radius 2 is 1.67 bits per heavy atom. The minimum Gasteiger partial charge on any atom is -0.756 e. The highest BCUT2D eigenvalue weighted by atomic mass is 31.3. The lowest BCUT2D eigenvalue weighted by Gasteiger charge is -2.42. The second-order valence-corrected chi connectivity index (χ2v) is 10.6. The Morgan fingerprint density at radius 3 is 2.28 bits per heavy atom. The van der Waals surface area contributed by atoms with E-state index in [9.17, 15) is 48.9 Å². The van der Waals surface area contributed by atoms with Crippen LogP contribution in [0.25, 0.3) is 0 Å². The van der Waals surface area contributed by atoms with Gasteiger partial charge in [0.05, 0.1) is 19.3 Å². The summed E-state index contributed by atoms with van der Waals surface area (Å²) in [4.78, 5) is 49.0. The fraction of sp³-hybridized carbons (Fsp3) is 0.733. The molecule has 2 saturated heterocycles. The van der Waals surface area contributed by atoms with Gasteiger partial charge >= 0.3 is 5.69 Å². The average Bonchev–Trinajstić information content (AvgIpc) is 3.06. The molecule has 0 amide bonds. The van der Waals surface area contributed by atoms with Gasteiger partial charge < -0.3 is 55.1 Å². The van der Waals surface area contributed by atoms with Crippen LogP contribution in [-0.4, -0.2) is 97.3 Å². The van der Waals surface area contributed by atoms with E-state index in [-0.39, 0.29) is 0 Å². The molecule has 206 valence electrons. The van der Waals surface area contributed by atoms with E-state index in [1.54, 1.807) is 0 Å². The van der Waals surface area contributed by atoms with Crippen molar-refractivity contribution in [1.82, 2.24) is 9.55 Å². The van der Waals surface area contributed by atoms with Crippen molar-refractivity contribution in [1.29, 1.82) is 0 Å². The number of aromatic nitrogens is 2. The Morgan fingerprint density at radius 1 is 1.03 bits per heavy atom. The van der Waals surface area contributed by atoms with Crippen LogP contribution in [-0.2, 0) is 32.0 Å². The maximum atomic E-state index is 12.1. The van der Waals surface area contributed by atoms with E-state index in [0.717, 1.165) is 12.3 Å². The molecule has 2 fully saturated rings. The van der Waals surface area contributed by atoms with Gasteiger partial charge in [-0.25, -0.2) is 9.11 Å². The van der Waals surface area contributed by atoms with Crippen molar-refractivity contribution in [3.8, 4) is 0 Å². The SMILES string of the molecule is N[C@H]1[C@@H](OP(=O)([O-])OP(=O)([O-])OC[C@H]2O[C@@H](n3ccc(=O)[nH]c3=O)[C@H](O)[C@@H]2O)O[C@H](CO)[C@@H](O)[C@@H]1O. The van der Waals surface area contributed by atoms with Gasteiger partial charge in [-0.05, 0) is 0 Å². The lowest BCUT2D eigenvalue weighted by atomic mass is 9.98. The number of ether oxygens (including phenoxy) is 2. The summed E-state index contributed by atoms with van der Waals surface area (Å²) >= 11 is 0. The van der Waals surface area contributed by atoms with Gasteiger partial charge in [0.25, 0.3) is 21.2 Å². The third-order valence-electron chi connectivity index (χ3n) is 5.22. The minimum absolute atomic E-state index is 0.709. The topological polar surface area (TPSA) is 308 Å². The maximum absolute atomic E-state index is 12.1. The molecule has 0 aliphatic carbocycles. The van der Waals surface area contributed by atoms with E-state index in [2.05, 4.69) is 13.4 Å². The summed E-state index contributed by atoms with van der Waals surface area (Å²) < 4.78 is 47.6. The maximum Gasteiger partial charge on any atom is 0.330 e. The van der Waals surface area contributed by atoms with E-state index in [0.29, 0.717) is 4.57 Å². The van der Waals surface area contributed by atoms with Crippen LogP contribution in [0.2, 0.25) is 0 Å². The third kappa shape index (κ3) is 6.54. The van der Waals surface area contributed by atoms with Crippen LogP contribution in [0.3, 0.4) is 0 Å². The van der Waals surface area contributed by atoms with E-state index in [1.165, 1.54) is 0 Å². The second kappa shape index (κ2) is 11.2. The average molecular weight is 563 g/mol. The molecule has 1 aromatic heterocycles. The lowest BCUT2D eigenvalue weighted by Crippen LogP contribution is -2.62. The number of nitrogens with one attached hydrogen (secondary N) is 1. The van der Waals surface area contributed by atoms with E-state index in [4.69, 9.17) is 20.3 Å². The second-order valence-electron chi connectivity index (χ2n) is 7.72. The number of nitrogens with zero attached hydrogens (tertiary/aromatic N) is 1. The molecule has 3 rings (SSSR count). The number of hydrogen-bond donors (Lipinski definition) is 7. The van der Waals surface area contributed by atoms with Crippen LogP contribution in [0.1, 0.15) is 6.23 Å². The van der Waals surface area contributed by atoms with Gasteiger partial charge in [-0.2, -0.15) is 0 Å². The summed E-state index contributed by atoms with van der Waals surface area (Å²) in [7, 11) is -11.6. The Kier molecular flexibility index (Phi) is 9.05. The number of phosphoric acid groups is 2. The molecule has 2 aliphatic heterocycles. The van der Waals surface area contributed by atoms with Crippen molar-refractivity contribution in [2.45, 2.75) is 55.2 Å². The first-order valence-electron chi connectivity index (χ1n) is 10.0. The number of nitrogens with two attached hydrogens (primary N) is 1. The third-order valence-corrected chi connectivity index (χ3v) is 7.75. The van der Waals surface area contributed by atoms with Crippen LogP contribution >= 0.6 is 15.6 Å². The summed E-state index contributed by atoms with van der Waals surface area (Å²) in [5.74, 6) is 0. The molecule has 8 N–H and O–H groups in total. The largest absolute Gasteiger partial charge is 0.756 e. The van der Waals surface area contributed by atoms with Crippen LogP contribution in [0.4, 0.5) is 0 Å². The molecule has 0 spiro atoms. The normalized spacial score (nSPS) is 38.4. The van der Waals surface area contributed by atoms with Gasteiger partial charge in [0.15, 0.2) is 12.5 Å². The minimum atomic E-state index is -5.82. The summed E-state index contributed by atoms with van der Waals surface area (Å²) in [5.41, 5.74) is 3.74. The first-order chi connectivity index (χ1) is 16.7. The van der Waals surface area contributed by atoms with Crippen molar-refractivity contribution in [2.75, 3.05) is 13.2 Å². The highest BCUT2D eigenvalue weighted by Crippen LogP contribution is 2.56. The fourth-order valence-electron chi connectivity index (χ4n) is 3.38. The van der Waals surface area contributed by atoms with E-state index >= 15 is 0 Å². The number of hydrogen-bond acceptors (Lipinski definition) is 17. The monoisotopic (exact) mass is 563 g/mol. The van der Waals surface area contributed by atoms with Gasteiger partial charge in [0.2, 0.25) is 0 Å². The van der Waals surface area contributed by atoms with Crippen LogP contribution in [0.5, 0.6) is 0 Å². The number of aromatic amines is 1. The molecule has 11 atom stereocenters. The number of H-pyrrole nitrogens is 1. The molecule has 2 unspecified atom stereocenters. The molecular formula is C15H23N3O16P2-2. The Labute approximate surface area is 200 Å². The number of phosphoric ester groups is 2. The van der Waals surface area contributed by atoms with Crippen molar-refractivity contribution in [3.05, 3.63) is 33.1 Å². The van der Waals surface area contributed by atoms with Crippen molar-refractivity contribution >= 4 is 15.6 Å². The Balaban J connectivity index is 1.61. The van der Waals surface area contributed by atoms with Crippen molar-refractivity contribution in [3.63, 3.8) is 0 Å². The first kappa shape index (κ1) is 29.2. The van der Waals surface area contributed by atoms with Crippen LogP contribution in [0.15, 0.2) is 21.9 Å². The first-order valence-corrected chi connectivity index (χ1v) is 13.0. The highest BCUT2D eigenvalue weighted by Gasteiger charge is 2.46. The standard InChI is InChI=1S/C15H25N3O16P2/c16-8-11(23)9(21)5(3-19)32-14(8)33-36(28,29)34-35(26,27)30-4-6-10(22)12(24)13(31-6)18-2-1-7(20)17-15(18)25/h1-2,5-6,8-14,19,21-24H,3-4,16H2,(H,26,27)(H,28,29)(H,17,20,25)/p-2/t5-,6-,8-,9-,10-,11-,12-,13-,14-/m1/s1. The van der Waals surface area contributed by atoms with Crippen molar-refractivity contribution in [2.24, 2.45) is 5.73 Å². The van der Waals surface area contributed by atoms with Crippen molar-refractivity contribution < 1.29 is 67.3 Å². The summed E-state index contributed by atoms with van der Waals surface area (Å²) in [6.45, 7) is -1.97. The molecule has 0 radical (unpaired) electrons. The van der Waals surface area contributed by atoms with Gasteiger partial charge in [0.1, 0.15) is 36.6 Å². The molecular weight excluding hydrogens is 540 g/mol. The molecule has 0 saturated carbocycles. The zero-order valence-corrected chi connectivity index (χ0v) is 19.7. The predicted octanol–water partition coefficient (Wildman–Crippen LogP) is -6.09. The Bertz CT molecular complexity index is 1130. The van der Waals surface area contributed by atoms with Crippen LogP contribution < -0.4 is 26.8 Å². The molecule has 21 heteroatoms. The van der Waals surface area contributed by atoms with Gasteiger partial charge in [-0.15, -0.1) is 0 Å². The summed E-state index contributed by atoms with van der Waals surface area (Å²) in [6, 6.07) is -0.777.